The molecular weight excluding hydrogens is 321 g/mol. The van der Waals surface area contributed by atoms with Crippen LogP contribution >= 0.6 is 0 Å². The first-order valence-electron chi connectivity index (χ1n) is 8.12. The highest BCUT2D eigenvalue weighted by molar-refractivity contribution is 5.76. The van der Waals surface area contributed by atoms with Crippen molar-refractivity contribution < 1.29 is 22.7 Å². The average Bonchev–Trinajstić information content (AvgIpc) is 2.77. The molecule has 0 saturated carbocycles. The SMILES string of the molecule is O=C(CCOCC(F)(F)F)N1CCCN(Cc2ccccc2)CC1. The van der Waals surface area contributed by atoms with E-state index in [9.17, 15) is 18.0 Å². The summed E-state index contributed by atoms with van der Waals surface area (Å²) in [4.78, 5) is 16.1. The van der Waals surface area contributed by atoms with Gasteiger partial charge in [0.1, 0.15) is 6.61 Å². The minimum absolute atomic E-state index is 0.00519. The number of rotatable bonds is 6. The van der Waals surface area contributed by atoms with Gasteiger partial charge in [-0.1, -0.05) is 30.3 Å². The van der Waals surface area contributed by atoms with Crippen LogP contribution in [-0.4, -0.2) is 61.3 Å². The number of amides is 1. The molecule has 1 fully saturated rings. The third kappa shape index (κ3) is 6.88. The Bertz CT molecular complexity index is 508. The molecule has 0 atom stereocenters. The van der Waals surface area contributed by atoms with Crippen molar-refractivity contribution in [1.29, 1.82) is 0 Å². The van der Waals surface area contributed by atoms with E-state index in [1.165, 1.54) is 5.56 Å². The van der Waals surface area contributed by atoms with Crippen molar-refractivity contribution in [3.05, 3.63) is 35.9 Å². The van der Waals surface area contributed by atoms with E-state index in [0.29, 0.717) is 13.1 Å². The zero-order chi connectivity index (χ0) is 17.4. The van der Waals surface area contributed by atoms with Crippen molar-refractivity contribution in [2.75, 3.05) is 39.4 Å². The van der Waals surface area contributed by atoms with Crippen LogP contribution in [0, 0.1) is 0 Å². The normalized spacial score (nSPS) is 16.9. The number of carbonyl (C=O) groups excluding carboxylic acids is 1. The van der Waals surface area contributed by atoms with Gasteiger partial charge in [0.05, 0.1) is 13.0 Å². The molecule has 2 rings (SSSR count). The highest BCUT2D eigenvalue weighted by atomic mass is 19.4. The van der Waals surface area contributed by atoms with E-state index in [1.54, 1.807) is 4.90 Å². The molecule has 1 aromatic carbocycles. The number of hydrogen-bond donors (Lipinski definition) is 0. The molecule has 0 N–H and O–H groups in total. The van der Waals surface area contributed by atoms with Gasteiger partial charge in [-0.05, 0) is 12.0 Å². The van der Waals surface area contributed by atoms with Gasteiger partial charge in [-0.15, -0.1) is 0 Å². The van der Waals surface area contributed by atoms with Crippen LogP contribution in [0.4, 0.5) is 13.2 Å². The number of benzene rings is 1. The van der Waals surface area contributed by atoms with Gasteiger partial charge in [0.2, 0.25) is 5.91 Å². The smallest absolute Gasteiger partial charge is 0.372 e. The Morgan fingerprint density at radius 1 is 1.08 bits per heavy atom. The van der Waals surface area contributed by atoms with Gasteiger partial charge >= 0.3 is 6.18 Å². The van der Waals surface area contributed by atoms with Gasteiger partial charge in [-0.25, -0.2) is 0 Å². The second-order valence-corrected chi connectivity index (χ2v) is 5.91. The lowest BCUT2D eigenvalue weighted by atomic mass is 10.2. The summed E-state index contributed by atoms with van der Waals surface area (Å²) in [5.41, 5.74) is 1.23. The summed E-state index contributed by atoms with van der Waals surface area (Å²) in [7, 11) is 0. The fourth-order valence-electron chi connectivity index (χ4n) is 2.73. The number of hydrogen-bond acceptors (Lipinski definition) is 3. The van der Waals surface area contributed by atoms with E-state index in [4.69, 9.17) is 0 Å². The maximum Gasteiger partial charge on any atom is 0.411 e. The molecule has 7 heteroatoms. The van der Waals surface area contributed by atoms with E-state index < -0.39 is 12.8 Å². The first-order valence-corrected chi connectivity index (χ1v) is 8.12. The van der Waals surface area contributed by atoms with Crippen LogP contribution in [-0.2, 0) is 16.1 Å². The van der Waals surface area contributed by atoms with Gasteiger partial charge < -0.3 is 9.64 Å². The lowest BCUT2D eigenvalue weighted by molar-refractivity contribution is -0.175. The number of carbonyl (C=O) groups is 1. The standard InChI is InChI=1S/C17H23F3N2O2/c18-17(19,20)14-24-12-7-16(23)22-9-4-8-21(10-11-22)13-15-5-2-1-3-6-15/h1-3,5-6H,4,7-14H2. The van der Waals surface area contributed by atoms with Crippen LogP contribution in [0.2, 0.25) is 0 Å². The zero-order valence-corrected chi connectivity index (χ0v) is 13.6. The fraction of sp³-hybridized carbons (Fsp3) is 0.588. The van der Waals surface area contributed by atoms with Crippen LogP contribution in [0.25, 0.3) is 0 Å². The molecule has 1 aliphatic rings. The van der Waals surface area contributed by atoms with E-state index >= 15 is 0 Å². The Labute approximate surface area is 140 Å². The summed E-state index contributed by atoms with van der Waals surface area (Å²) >= 11 is 0. The lowest BCUT2D eigenvalue weighted by Crippen LogP contribution is -2.35. The van der Waals surface area contributed by atoms with Crippen molar-refractivity contribution in [1.82, 2.24) is 9.80 Å². The maximum atomic E-state index is 12.1. The first kappa shape index (κ1) is 18.7. The Hall–Kier alpha value is -1.60. The number of halogens is 3. The molecule has 0 aliphatic carbocycles. The Kier molecular flexibility index (Phi) is 7.05. The summed E-state index contributed by atoms with van der Waals surface area (Å²) in [5.74, 6) is -0.140. The second kappa shape index (κ2) is 9.03. The van der Waals surface area contributed by atoms with Crippen molar-refractivity contribution in [3.8, 4) is 0 Å². The maximum absolute atomic E-state index is 12.1. The topological polar surface area (TPSA) is 32.8 Å². The predicted molar refractivity (Wildman–Crippen MR) is 84.4 cm³/mol. The monoisotopic (exact) mass is 344 g/mol. The molecule has 1 aromatic rings. The number of nitrogens with zero attached hydrogens (tertiary/aromatic N) is 2. The molecule has 0 bridgehead atoms. The predicted octanol–water partition coefficient (Wildman–Crippen LogP) is 2.69. The Morgan fingerprint density at radius 2 is 1.83 bits per heavy atom. The summed E-state index contributed by atoms with van der Waals surface area (Å²) in [6.07, 6.45) is -3.49. The Morgan fingerprint density at radius 3 is 2.54 bits per heavy atom. The number of alkyl halides is 3. The van der Waals surface area contributed by atoms with Crippen molar-refractivity contribution in [2.45, 2.75) is 25.6 Å². The van der Waals surface area contributed by atoms with Crippen LogP contribution in [0.3, 0.4) is 0 Å². The van der Waals surface area contributed by atoms with Crippen LogP contribution in [0.15, 0.2) is 30.3 Å². The third-order valence-corrected chi connectivity index (χ3v) is 3.92. The lowest BCUT2D eigenvalue weighted by Gasteiger charge is -2.22. The summed E-state index contributed by atoms with van der Waals surface area (Å²) in [6, 6.07) is 10.1. The molecule has 0 spiro atoms. The third-order valence-electron chi connectivity index (χ3n) is 3.92. The molecule has 1 saturated heterocycles. The van der Waals surface area contributed by atoms with E-state index in [1.807, 2.05) is 18.2 Å². The van der Waals surface area contributed by atoms with Crippen molar-refractivity contribution in [3.63, 3.8) is 0 Å². The highest BCUT2D eigenvalue weighted by Gasteiger charge is 2.27. The largest absolute Gasteiger partial charge is 0.411 e. The van der Waals surface area contributed by atoms with Crippen molar-refractivity contribution >= 4 is 5.91 Å². The van der Waals surface area contributed by atoms with Crippen LogP contribution in [0.1, 0.15) is 18.4 Å². The van der Waals surface area contributed by atoms with Crippen LogP contribution in [0.5, 0.6) is 0 Å². The molecule has 1 amide bonds. The number of ether oxygens (including phenoxy) is 1. The fourth-order valence-corrected chi connectivity index (χ4v) is 2.73. The van der Waals surface area contributed by atoms with E-state index in [-0.39, 0.29) is 18.9 Å². The minimum Gasteiger partial charge on any atom is -0.372 e. The Balaban J connectivity index is 1.71. The highest BCUT2D eigenvalue weighted by Crippen LogP contribution is 2.15. The minimum atomic E-state index is -4.34. The molecule has 24 heavy (non-hydrogen) atoms. The van der Waals surface area contributed by atoms with Crippen molar-refractivity contribution in [2.24, 2.45) is 0 Å². The molecule has 0 unspecified atom stereocenters. The average molecular weight is 344 g/mol. The van der Waals surface area contributed by atoms with E-state index in [0.717, 1.165) is 26.1 Å². The second-order valence-electron chi connectivity index (χ2n) is 5.91. The first-order chi connectivity index (χ1) is 11.4. The van der Waals surface area contributed by atoms with Gasteiger partial charge in [0, 0.05) is 32.7 Å². The molecule has 0 aromatic heterocycles. The quantitative estimate of drug-likeness (QED) is 0.744. The van der Waals surface area contributed by atoms with E-state index in [2.05, 4.69) is 21.8 Å². The zero-order valence-electron chi connectivity index (χ0n) is 13.6. The molecule has 0 radical (unpaired) electrons. The van der Waals surface area contributed by atoms with Crippen LogP contribution < -0.4 is 0 Å². The molecule has 1 heterocycles. The van der Waals surface area contributed by atoms with Gasteiger partial charge in [0.25, 0.3) is 0 Å². The summed E-state index contributed by atoms with van der Waals surface area (Å²) in [5, 5.41) is 0. The molecule has 4 nitrogen and oxygen atoms in total. The van der Waals surface area contributed by atoms with Gasteiger partial charge in [0.15, 0.2) is 0 Å². The van der Waals surface area contributed by atoms with Gasteiger partial charge in [-0.3, -0.25) is 9.69 Å². The molecule has 1 aliphatic heterocycles. The van der Waals surface area contributed by atoms with Gasteiger partial charge in [-0.2, -0.15) is 13.2 Å². The molecule has 134 valence electrons. The molecular formula is C17H23F3N2O2. The summed E-state index contributed by atoms with van der Waals surface area (Å²) < 4.78 is 40.5. The summed E-state index contributed by atoms with van der Waals surface area (Å²) in [6.45, 7) is 2.27.